The Morgan fingerprint density at radius 3 is 2.80 bits per heavy atom. The fourth-order valence-electron chi connectivity index (χ4n) is 2.49. The summed E-state index contributed by atoms with van der Waals surface area (Å²) in [5.41, 5.74) is 0. The number of piperidine rings is 1. The van der Waals surface area contributed by atoms with Gasteiger partial charge in [0.25, 0.3) is 0 Å². The summed E-state index contributed by atoms with van der Waals surface area (Å²) in [7, 11) is 1.78. The summed E-state index contributed by atoms with van der Waals surface area (Å²) in [6.45, 7) is 11.1. The van der Waals surface area contributed by atoms with E-state index in [-0.39, 0.29) is 0 Å². The predicted molar refractivity (Wildman–Crippen MR) is 64.2 cm³/mol. The SMILES string of the molecule is CCNC1CCN(C(C)COC)CC1C. The minimum Gasteiger partial charge on any atom is -0.383 e. The Labute approximate surface area is 94.2 Å². The lowest BCUT2D eigenvalue weighted by Gasteiger charge is -2.40. The van der Waals surface area contributed by atoms with E-state index in [9.17, 15) is 0 Å². The fraction of sp³-hybridized carbons (Fsp3) is 1.00. The van der Waals surface area contributed by atoms with E-state index in [0.717, 1.165) is 19.1 Å². The molecule has 1 saturated heterocycles. The first-order valence-corrected chi connectivity index (χ1v) is 6.15. The van der Waals surface area contributed by atoms with Crippen molar-refractivity contribution in [3.8, 4) is 0 Å². The van der Waals surface area contributed by atoms with Gasteiger partial charge in [-0.25, -0.2) is 0 Å². The Kier molecular flexibility index (Phi) is 5.58. The van der Waals surface area contributed by atoms with Crippen molar-refractivity contribution in [1.29, 1.82) is 0 Å². The molecule has 0 aliphatic carbocycles. The summed E-state index contributed by atoms with van der Waals surface area (Å²) in [4.78, 5) is 2.54. The van der Waals surface area contributed by atoms with Crippen LogP contribution in [0, 0.1) is 5.92 Å². The van der Waals surface area contributed by atoms with Crippen LogP contribution in [-0.4, -0.2) is 50.3 Å². The lowest BCUT2D eigenvalue weighted by atomic mass is 9.93. The maximum atomic E-state index is 5.21. The molecule has 0 spiro atoms. The Bertz CT molecular complexity index is 175. The van der Waals surface area contributed by atoms with Crippen LogP contribution in [0.1, 0.15) is 27.2 Å². The Morgan fingerprint density at radius 2 is 2.27 bits per heavy atom. The zero-order valence-corrected chi connectivity index (χ0v) is 10.6. The Morgan fingerprint density at radius 1 is 1.53 bits per heavy atom. The van der Waals surface area contributed by atoms with Crippen molar-refractivity contribution in [3.63, 3.8) is 0 Å². The van der Waals surface area contributed by atoms with E-state index in [4.69, 9.17) is 4.74 Å². The highest BCUT2D eigenvalue weighted by Crippen LogP contribution is 2.18. The van der Waals surface area contributed by atoms with Crippen LogP contribution in [-0.2, 0) is 4.74 Å². The summed E-state index contributed by atoms with van der Waals surface area (Å²) in [6, 6.07) is 1.26. The third-order valence-electron chi connectivity index (χ3n) is 3.43. The number of methoxy groups -OCH3 is 1. The molecule has 90 valence electrons. The molecule has 1 N–H and O–H groups in total. The lowest BCUT2D eigenvalue weighted by molar-refractivity contribution is 0.0595. The third-order valence-corrected chi connectivity index (χ3v) is 3.43. The molecule has 1 aliphatic rings. The molecule has 3 atom stereocenters. The van der Waals surface area contributed by atoms with Gasteiger partial charge in [-0.15, -0.1) is 0 Å². The molecule has 3 heteroatoms. The van der Waals surface area contributed by atoms with Gasteiger partial charge >= 0.3 is 0 Å². The Balaban J connectivity index is 2.36. The number of nitrogens with zero attached hydrogens (tertiary/aromatic N) is 1. The number of rotatable bonds is 5. The van der Waals surface area contributed by atoms with Gasteiger partial charge in [0.2, 0.25) is 0 Å². The minimum absolute atomic E-state index is 0.556. The minimum atomic E-state index is 0.556. The fourth-order valence-corrected chi connectivity index (χ4v) is 2.49. The van der Waals surface area contributed by atoms with Gasteiger partial charge in [0, 0.05) is 32.3 Å². The quantitative estimate of drug-likeness (QED) is 0.747. The molecule has 0 bridgehead atoms. The van der Waals surface area contributed by atoms with E-state index < -0.39 is 0 Å². The molecule has 0 saturated carbocycles. The molecule has 15 heavy (non-hydrogen) atoms. The van der Waals surface area contributed by atoms with Gasteiger partial charge < -0.3 is 10.1 Å². The van der Waals surface area contributed by atoms with E-state index in [2.05, 4.69) is 31.0 Å². The first-order chi connectivity index (χ1) is 7.19. The molecule has 3 unspecified atom stereocenters. The summed E-state index contributed by atoms with van der Waals surface area (Å²) in [5.74, 6) is 0.748. The van der Waals surface area contributed by atoms with Gasteiger partial charge in [-0.1, -0.05) is 13.8 Å². The van der Waals surface area contributed by atoms with Crippen LogP contribution in [0.2, 0.25) is 0 Å². The van der Waals surface area contributed by atoms with Crippen LogP contribution in [0.5, 0.6) is 0 Å². The van der Waals surface area contributed by atoms with Crippen LogP contribution < -0.4 is 5.32 Å². The standard InChI is InChI=1S/C12H26N2O/c1-5-13-12-6-7-14(8-10(12)2)11(3)9-15-4/h10-13H,5-9H2,1-4H3. The summed E-state index contributed by atoms with van der Waals surface area (Å²) in [6.07, 6.45) is 1.27. The molecule has 3 nitrogen and oxygen atoms in total. The summed E-state index contributed by atoms with van der Waals surface area (Å²) in [5, 5.41) is 3.57. The average molecular weight is 214 g/mol. The van der Waals surface area contributed by atoms with Crippen molar-refractivity contribution in [3.05, 3.63) is 0 Å². The predicted octanol–water partition coefficient (Wildman–Crippen LogP) is 1.34. The molecule has 0 aromatic carbocycles. The van der Waals surface area contributed by atoms with Crippen molar-refractivity contribution >= 4 is 0 Å². The van der Waals surface area contributed by atoms with Crippen LogP contribution in [0.4, 0.5) is 0 Å². The van der Waals surface area contributed by atoms with Crippen molar-refractivity contribution in [1.82, 2.24) is 10.2 Å². The molecule has 0 aromatic rings. The largest absolute Gasteiger partial charge is 0.383 e. The molecular formula is C12H26N2O. The third kappa shape index (κ3) is 3.74. The zero-order valence-electron chi connectivity index (χ0n) is 10.6. The van der Waals surface area contributed by atoms with E-state index in [1.165, 1.54) is 19.5 Å². The monoisotopic (exact) mass is 214 g/mol. The topological polar surface area (TPSA) is 24.5 Å². The van der Waals surface area contributed by atoms with Crippen LogP contribution in [0.3, 0.4) is 0 Å². The zero-order chi connectivity index (χ0) is 11.3. The van der Waals surface area contributed by atoms with Gasteiger partial charge in [-0.05, 0) is 25.8 Å². The van der Waals surface area contributed by atoms with Gasteiger partial charge in [0.1, 0.15) is 0 Å². The average Bonchev–Trinajstić information content (AvgIpc) is 2.21. The second-order valence-electron chi connectivity index (χ2n) is 4.73. The van der Waals surface area contributed by atoms with E-state index in [0.29, 0.717) is 12.1 Å². The molecule has 0 radical (unpaired) electrons. The highest BCUT2D eigenvalue weighted by molar-refractivity contribution is 4.84. The summed E-state index contributed by atoms with van der Waals surface area (Å²) < 4.78 is 5.21. The lowest BCUT2D eigenvalue weighted by Crippen LogP contribution is -2.51. The maximum Gasteiger partial charge on any atom is 0.0615 e. The smallest absolute Gasteiger partial charge is 0.0615 e. The van der Waals surface area contributed by atoms with Gasteiger partial charge in [0.05, 0.1) is 6.61 Å². The van der Waals surface area contributed by atoms with Crippen molar-refractivity contribution in [2.24, 2.45) is 5.92 Å². The van der Waals surface area contributed by atoms with Crippen molar-refractivity contribution < 1.29 is 4.74 Å². The molecule has 1 aliphatic heterocycles. The number of ether oxygens (including phenoxy) is 1. The molecule has 1 rings (SSSR count). The number of hydrogen-bond donors (Lipinski definition) is 1. The molecule has 0 amide bonds. The highest BCUT2D eigenvalue weighted by atomic mass is 16.5. The number of nitrogens with one attached hydrogen (secondary N) is 1. The summed E-state index contributed by atoms with van der Waals surface area (Å²) >= 11 is 0. The first kappa shape index (κ1) is 12.9. The maximum absolute atomic E-state index is 5.21. The number of likely N-dealkylation sites (tertiary alicyclic amines) is 1. The van der Waals surface area contributed by atoms with E-state index in [1.54, 1.807) is 7.11 Å². The molecule has 1 heterocycles. The van der Waals surface area contributed by atoms with E-state index >= 15 is 0 Å². The van der Waals surface area contributed by atoms with Crippen LogP contribution in [0.25, 0.3) is 0 Å². The first-order valence-electron chi connectivity index (χ1n) is 6.15. The number of hydrogen-bond acceptors (Lipinski definition) is 3. The van der Waals surface area contributed by atoms with Crippen LogP contribution in [0.15, 0.2) is 0 Å². The van der Waals surface area contributed by atoms with Crippen molar-refractivity contribution in [2.45, 2.75) is 39.3 Å². The van der Waals surface area contributed by atoms with Gasteiger partial charge in [0.15, 0.2) is 0 Å². The van der Waals surface area contributed by atoms with Crippen molar-refractivity contribution in [2.75, 3.05) is 33.4 Å². The molecule has 1 fully saturated rings. The molecular weight excluding hydrogens is 188 g/mol. The normalized spacial score (nSPS) is 30.4. The highest BCUT2D eigenvalue weighted by Gasteiger charge is 2.27. The van der Waals surface area contributed by atoms with Gasteiger partial charge in [-0.2, -0.15) is 0 Å². The van der Waals surface area contributed by atoms with Crippen LogP contribution >= 0.6 is 0 Å². The molecule has 0 aromatic heterocycles. The van der Waals surface area contributed by atoms with E-state index in [1.807, 2.05) is 0 Å². The second-order valence-corrected chi connectivity index (χ2v) is 4.73. The second kappa shape index (κ2) is 6.46. The Hall–Kier alpha value is -0.120. The van der Waals surface area contributed by atoms with Gasteiger partial charge in [-0.3, -0.25) is 4.90 Å².